The van der Waals surface area contributed by atoms with Crippen molar-refractivity contribution < 1.29 is 14.3 Å². The minimum absolute atomic E-state index is 0.104. The Hall–Kier alpha value is -1.29. The number of furan rings is 1. The second kappa shape index (κ2) is 4.29. The summed E-state index contributed by atoms with van der Waals surface area (Å²) in [7, 11) is 0. The maximum atomic E-state index is 12.0. The Morgan fingerprint density at radius 1 is 1.31 bits per heavy atom. The third-order valence-corrected chi connectivity index (χ3v) is 2.64. The van der Waals surface area contributed by atoms with Crippen LogP contribution in [0.25, 0.3) is 0 Å². The van der Waals surface area contributed by atoms with Gasteiger partial charge in [0.05, 0.1) is 17.7 Å². The fourth-order valence-electron chi connectivity index (χ4n) is 1.54. The molecule has 0 fully saturated rings. The van der Waals surface area contributed by atoms with Crippen LogP contribution in [-0.2, 0) is 0 Å². The summed E-state index contributed by atoms with van der Waals surface area (Å²) in [6.07, 6.45) is 0. The van der Waals surface area contributed by atoms with Crippen LogP contribution in [-0.4, -0.2) is 23.2 Å². The van der Waals surface area contributed by atoms with E-state index in [-0.39, 0.29) is 12.5 Å². The lowest BCUT2D eigenvalue weighted by atomic mass is 10.0. The molecule has 0 aliphatic carbocycles. The quantitative estimate of drug-likeness (QED) is 0.823. The predicted octanol–water partition coefficient (Wildman–Crippen LogP) is 1.71. The van der Waals surface area contributed by atoms with E-state index in [1.54, 1.807) is 20.8 Å². The van der Waals surface area contributed by atoms with Gasteiger partial charge in [0.1, 0.15) is 11.5 Å². The average Bonchev–Trinajstić information content (AvgIpc) is 2.40. The van der Waals surface area contributed by atoms with E-state index in [2.05, 4.69) is 5.32 Å². The van der Waals surface area contributed by atoms with Gasteiger partial charge in [-0.15, -0.1) is 0 Å². The summed E-state index contributed by atoms with van der Waals surface area (Å²) in [4.78, 5) is 12.0. The largest absolute Gasteiger partial charge is 0.466 e. The van der Waals surface area contributed by atoms with E-state index in [0.717, 1.165) is 11.3 Å². The topological polar surface area (TPSA) is 62.5 Å². The molecule has 2 N–H and O–H groups in total. The van der Waals surface area contributed by atoms with E-state index in [1.807, 2.05) is 13.8 Å². The molecule has 0 aromatic carbocycles. The third-order valence-electron chi connectivity index (χ3n) is 2.64. The Labute approximate surface area is 95.7 Å². The van der Waals surface area contributed by atoms with E-state index in [9.17, 15) is 4.79 Å². The van der Waals surface area contributed by atoms with Crippen molar-refractivity contribution in [3.63, 3.8) is 0 Å². The number of aliphatic hydroxyl groups is 1. The molecule has 0 atom stereocenters. The van der Waals surface area contributed by atoms with Crippen molar-refractivity contribution in [1.82, 2.24) is 5.32 Å². The minimum atomic E-state index is -0.624. The Morgan fingerprint density at radius 2 is 1.88 bits per heavy atom. The SMILES string of the molecule is Cc1oc(C)c(C(=O)NC(C)(C)CO)c1C. The van der Waals surface area contributed by atoms with Crippen LogP contribution in [0.2, 0.25) is 0 Å². The highest BCUT2D eigenvalue weighted by molar-refractivity contribution is 5.97. The highest BCUT2D eigenvalue weighted by Crippen LogP contribution is 2.21. The van der Waals surface area contributed by atoms with Crippen LogP contribution in [0.3, 0.4) is 0 Å². The van der Waals surface area contributed by atoms with Gasteiger partial charge >= 0.3 is 0 Å². The summed E-state index contributed by atoms with van der Waals surface area (Å²) < 4.78 is 5.39. The highest BCUT2D eigenvalue weighted by atomic mass is 16.3. The Balaban J connectivity index is 2.98. The zero-order valence-corrected chi connectivity index (χ0v) is 10.5. The van der Waals surface area contributed by atoms with Gasteiger partial charge in [-0.25, -0.2) is 0 Å². The zero-order valence-electron chi connectivity index (χ0n) is 10.5. The van der Waals surface area contributed by atoms with Gasteiger partial charge in [0.25, 0.3) is 5.91 Å². The van der Waals surface area contributed by atoms with Gasteiger partial charge in [0.15, 0.2) is 0 Å². The number of nitrogens with one attached hydrogen (secondary N) is 1. The Kier molecular flexibility index (Phi) is 3.43. The molecule has 16 heavy (non-hydrogen) atoms. The fourth-order valence-corrected chi connectivity index (χ4v) is 1.54. The van der Waals surface area contributed by atoms with Gasteiger partial charge < -0.3 is 14.8 Å². The molecule has 0 bridgehead atoms. The van der Waals surface area contributed by atoms with Crippen LogP contribution in [0.4, 0.5) is 0 Å². The minimum Gasteiger partial charge on any atom is -0.466 e. The lowest BCUT2D eigenvalue weighted by Crippen LogP contribution is -2.46. The highest BCUT2D eigenvalue weighted by Gasteiger charge is 2.24. The van der Waals surface area contributed by atoms with Crippen LogP contribution < -0.4 is 5.32 Å². The second-order valence-electron chi connectivity index (χ2n) is 4.71. The lowest BCUT2D eigenvalue weighted by molar-refractivity contribution is 0.0867. The normalized spacial score (nSPS) is 11.6. The van der Waals surface area contributed by atoms with Crippen LogP contribution in [0, 0.1) is 20.8 Å². The number of hydrogen-bond acceptors (Lipinski definition) is 3. The number of hydrogen-bond donors (Lipinski definition) is 2. The maximum absolute atomic E-state index is 12.0. The zero-order chi connectivity index (χ0) is 12.5. The average molecular weight is 225 g/mol. The van der Waals surface area contributed by atoms with E-state index < -0.39 is 5.54 Å². The van der Waals surface area contributed by atoms with Gasteiger partial charge in [-0.05, 0) is 34.6 Å². The molecule has 4 heteroatoms. The second-order valence-corrected chi connectivity index (χ2v) is 4.71. The number of aliphatic hydroxyl groups excluding tert-OH is 1. The first-order valence-electron chi connectivity index (χ1n) is 5.28. The Morgan fingerprint density at radius 3 is 2.25 bits per heavy atom. The molecular formula is C12H19NO3. The van der Waals surface area contributed by atoms with Crippen molar-refractivity contribution in [3.05, 3.63) is 22.6 Å². The van der Waals surface area contributed by atoms with E-state index >= 15 is 0 Å². The molecule has 90 valence electrons. The molecule has 0 radical (unpaired) electrons. The molecule has 0 saturated carbocycles. The molecule has 4 nitrogen and oxygen atoms in total. The molecule has 1 rings (SSSR count). The lowest BCUT2D eigenvalue weighted by Gasteiger charge is -2.23. The fraction of sp³-hybridized carbons (Fsp3) is 0.583. The number of carbonyl (C=O) groups is 1. The van der Waals surface area contributed by atoms with Crippen molar-refractivity contribution in [3.8, 4) is 0 Å². The monoisotopic (exact) mass is 225 g/mol. The molecule has 0 unspecified atom stereocenters. The van der Waals surface area contributed by atoms with Crippen LogP contribution in [0.1, 0.15) is 41.3 Å². The molecule has 1 heterocycles. The van der Waals surface area contributed by atoms with Crippen molar-refractivity contribution in [2.24, 2.45) is 0 Å². The van der Waals surface area contributed by atoms with E-state index in [1.165, 1.54) is 0 Å². The van der Waals surface area contributed by atoms with Gasteiger partial charge in [0.2, 0.25) is 0 Å². The van der Waals surface area contributed by atoms with Gasteiger partial charge in [-0.3, -0.25) is 4.79 Å². The number of amides is 1. The third kappa shape index (κ3) is 2.44. The first-order valence-corrected chi connectivity index (χ1v) is 5.28. The number of aryl methyl sites for hydroxylation is 2. The van der Waals surface area contributed by atoms with Gasteiger partial charge in [-0.1, -0.05) is 0 Å². The van der Waals surface area contributed by atoms with E-state index in [4.69, 9.17) is 9.52 Å². The first-order chi connectivity index (χ1) is 7.28. The summed E-state index contributed by atoms with van der Waals surface area (Å²) in [6, 6.07) is 0. The Bertz CT molecular complexity index is 405. The standard InChI is InChI=1S/C12H19NO3/c1-7-8(2)16-9(3)10(7)11(15)13-12(4,5)6-14/h14H,6H2,1-5H3,(H,13,15). The molecule has 0 aliphatic rings. The predicted molar refractivity (Wildman–Crippen MR) is 61.6 cm³/mol. The molecular weight excluding hydrogens is 206 g/mol. The number of rotatable bonds is 3. The summed E-state index contributed by atoms with van der Waals surface area (Å²) >= 11 is 0. The number of carbonyl (C=O) groups excluding carboxylic acids is 1. The molecule has 0 saturated heterocycles. The maximum Gasteiger partial charge on any atom is 0.255 e. The van der Waals surface area contributed by atoms with Crippen LogP contribution in [0.15, 0.2) is 4.42 Å². The first kappa shape index (κ1) is 12.8. The molecule has 0 spiro atoms. The van der Waals surface area contributed by atoms with Crippen molar-refractivity contribution in [2.45, 2.75) is 40.2 Å². The van der Waals surface area contributed by atoms with Crippen molar-refractivity contribution in [1.29, 1.82) is 0 Å². The van der Waals surface area contributed by atoms with Crippen molar-refractivity contribution >= 4 is 5.91 Å². The van der Waals surface area contributed by atoms with Crippen molar-refractivity contribution in [2.75, 3.05) is 6.61 Å². The van der Waals surface area contributed by atoms with Crippen LogP contribution in [0.5, 0.6) is 0 Å². The molecule has 1 amide bonds. The summed E-state index contributed by atoms with van der Waals surface area (Å²) in [5.41, 5.74) is 0.795. The van der Waals surface area contributed by atoms with Gasteiger partial charge in [0, 0.05) is 5.56 Å². The summed E-state index contributed by atoms with van der Waals surface area (Å²) in [5.74, 6) is 1.16. The molecule has 1 aromatic rings. The van der Waals surface area contributed by atoms with Gasteiger partial charge in [-0.2, -0.15) is 0 Å². The van der Waals surface area contributed by atoms with E-state index in [0.29, 0.717) is 11.3 Å². The summed E-state index contributed by atoms with van der Waals surface area (Å²) in [6.45, 7) is 8.88. The smallest absolute Gasteiger partial charge is 0.255 e. The van der Waals surface area contributed by atoms with Crippen LogP contribution >= 0.6 is 0 Å². The molecule has 1 aromatic heterocycles. The summed E-state index contributed by atoms with van der Waals surface area (Å²) in [5, 5.41) is 11.9. The molecule has 0 aliphatic heterocycles.